The van der Waals surface area contributed by atoms with Gasteiger partial charge in [-0.15, -0.1) is 0 Å². The van der Waals surface area contributed by atoms with E-state index in [1.54, 1.807) is 18.5 Å². The minimum atomic E-state index is -0.593. The number of hydrogen-bond donors (Lipinski definition) is 2. The Morgan fingerprint density at radius 1 is 1.33 bits per heavy atom. The van der Waals surface area contributed by atoms with Crippen LogP contribution in [0.2, 0.25) is 0 Å². The summed E-state index contributed by atoms with van der Waals surface area (Å²) in [4.78, 5) is 15.7. The molecule has 1 heterocycles. The van der Waals surface area contributed by atoms with Crippen LogP contribution in [0.15, 0.2) is 42.7 Å². The zero-order chi connectivity index (χ0) is 13.0. The van der Waals surface area contributed by atoms with E-state index in [1.807, 2.05) is 6.07 Å². The number of carbonyl (C=O) groups excluding carboxylic acids is 1. The monoisotopic (exact) mass is 245 g/mol. The van der Waals surface area contributed by atoms with Gasteiger partial charge < -0.3 is 11.1 Å². The first-order chi connectivity index (χ1) is 8.68. The maximum atomic E-state index is 13.2. The Bertz CT molecular complexity index is 557. The minimum absolute atomic E-state index is 0.138. The van der Waals surface area contributed by atoms with Gasteiger partial charge in [0.1, 0.15) is 5.82 Å². The van der Waals surface area contributed by atoms with Gasteiger partial charge in [0.15, 0.2) is 0 Å². The summed E-state index contributed by atoms with van der Waals surface area (Å²) in [7, 11) is 0. The molecule has 0 aliphatic carbocycles. The molecule has 0 spiro atoms. The number of nitrogens with two attached hydrogens (primary N) is 1. The maximum Gasteiger partial charge on any atom is 0.253 e. The van der Waals surface area contributed by atoms with Crippen LogP contribution in [0.25, 0.3) is 0 Å². The number of anilines is 1. The zero-order valence-electron chi connectivity index (χ0n) is 9.56. The van der Waals surface area contributed by atoms with Gasteiger partial charge in [0.2, 0.25) is 0 Å². The number of halogens is 1. The lowest BCUT2D eigenvalue weighted by atomic mass is 10.1. The molecule has 1 aromatic carbocycles. The summed E-state index contributed by atoms with van der Waals surface area (Å²) in [6, 6.07) is 7.76. The molecule has 1 aromatic heterocycles. The predicted octanol–water partition coefficient (Wildman–Crippen LogP) is 1.73. The van der Waals surface area contributed by atoms with E-state index in [0.29, 0.717) is 6.54 Å². The quantitative estimate of drug-likeness (QED) is 0.809. The molecule has 92 valence electrons. The van der Waals surface area contributed by atoms with Crippen molar-refractivity contribution in [2.45, 2.75) is 6.54 Å². The van der Waals surface area contributed by atoms with Crippen LogP contribution >= 0.6 is 0 Å². The summed E-state index contributed by atoms with van der Waals surface area (Å²) >= 11 is 0. The number of hydrogen-bond acceptors (Lipinski definition) is 3. The van der Waals surface area contributed by atoms with E-state index in [4.69, 9.17) is 5.73 Å². The number of nitrogens with zero attached hydrogens (tertiary/aromatic N) is 1. The molecule has 0 fully saturated rings. The number of nitrogen functional groups attached to an aromatic ring is 1. The molecule has 2 rings (SSSR count). The molecule has 4 nitrogen and oxygen atoms in total. The Morgan fingerprint density at radius 3 is 2.89 bits per heavy atom. The van der Waals surface area contributed by atoms with E-state index in [1.165, 1.54) is 18.2 Å². The second-order valence-corrected chi connectivity index (χ2v) is 3.75. The number of carbonyl (C=O) groups is 1. The first-order valence-corrected chi connectivity index (χ1v) is 5.39. The third-order valence-electron chi connectivity index (χ3n) is 2.47. The number of benzene rings is 1. The van der Waals surface area contributed by atoms with Gasteiger partial charge in [-0.1, -0.05) is 12.1 Å². The van der Waals surface area contributed by atoms with Crippen LogP contribution in [-0.4, -0.2) is 10.9 Å². The van der Waals surface area contributed by atoms with Crippen molar-refractivity contribution < 1.29 is 9.18 Å². The van der Waals surface area contributed by atoms with Crippen molar-refractivity contribution in [3.05, 3.63) is 59.7 Å². The van der Waals surface area contributed by atoms with Gasteiger partial charge in [0, 0.05) is 18.9 Å². The number of aromatic nitrogens is 1. The van der Waals surface area contributed by atoms with E-state index in [2.05, 4.69) is 10.3 Å². The topological polar surface area (TPSA) is 68.0 Å². The molecule has 0 bridgehead atoms. The summed E-state index contributed by atoms with van der Waals surface area (Å²) < 4.78 is 13.2. The highest BCUT2D eigenvalue weighted by Gasteiger charge is 2.11. The van der Waals surface area contributed by atoms with Gasteiger partial charge in [-0.2, -0.15) is 0 Å². The maximum absolute atomic E-state index is 13.2. The molecule has 0 aliphatic heterocycles. The van der Waals surface area contributed by atoms with Crippen molar-refractivity contribution in [1.29, 1.82) is 0 Å². The normalized spacial score (nSPS) is 10.1. The van der Waals surface area contributed by atoms with E-state index < -0.39 is 11.7 Å². The second-order valence-electron chi connectivity index (χ2n) is 3.75. The van der Waals surface area contributed by atoms with Crippen molar-refractivity contribution in [3.8, 4) is 0 Å². The van der Waals surface area contributed by atoms with Crippen LogP contribution in [0.5, 0.6) is 0 Å². The van der Waals surface area contributed by atoms with Crippen molar-refractivity contribution in [3.63, 3.8) is 0 Å². The molecule has 0 unspecified atom stereocenters. The molecule has 0 saturated heterocycles. The fraction of sp³-hybridized carbons (Fsp3) is 0.0769. The molecule has 18 heavy (non-hydrogen) atoms. The van der Waals surface area contributed by atoms with Crippen LogP contribution < -0.4 is 11.1 Å². The first-order valence-electron chi connectivity index (χ1n) is 5.39. The zero-order valence-corrected chi connectivity index (χ0v) is 9.56. The molecule has 0 atom stereocenters. The van der Waals surface area contributed by atoms with Crippen LogP contribution in [-0.2, 0) is 6.54 Å². The number of para-hydroxylation sites is 1. The summed E-state index contributed by atoms with van der Waals surface area (Å²) in [5.41, 5.74) is 6.37. The van der Waals surface area contributed by atoms with Gasteiger partial charge in [-0.25, -0.2) is 4.39 Å². The molecular weight excluding hydrogens is 233 g/mol. The average molecular weight is 245 g/mol. The Balaban J connectivity index is 2.07. The molecule has 0 aliphatic rings. The van der Waals surface area contributed by atoms with E-state index in [9.17, 15) is 9.18 Å². The lowest BCUT2D eigenvalue weighted by Crippen LogP contribution is -2.24. The third kappa shape index (κ3) is 2.63. The van der Waals surface area contributed by atoms with Gasteiger partial charge in [-0.05, 0) is 23.8 Å². The lowest BCUT2D eigenvalue weighted by Gasteiger charge is -2.07. The lowest BCUT2D eigenvalue weighted by molar-refractivity contribution is 0.0951. The highest BCUT2D eigenvalue weighted by molar-refractivity contribution is 5.99. The molecule has 3 N–H and O–H groups in total. The van der Waals surface area contributed by atoms with Crippen LogP contribution in [0.4, 0.5) is 10.1 Å². The van der Waals surface area contributed by atoms with Gasteiger partial charge >= 0.3 is 0 Å². The Morgan fingerprint density at radius 2 is 2.17 bits per heavy atom. The van der Waals surface area contributed by atoms with Gasteiger partial charge in [-0.3, -0.25) is 9.78 Å². The third-order valence-corrected chi connectivity index (χ3v) is 2.47. The van der Waals surface area contributed by atoms with Crippen molar-refractivity contribution >= 4 is 11.6 Å². The molecular formula is C13H12FN3O. The predicted molar refractivity (Wildman–Crippen MR) is 66.2 cm³/mol. The smallest absolute Gasteiger partial charge is 0.253 e. The van der Waals surface area contributed by atoms with Crippen LogP contribution in [0.1, 0.15) is 15.9 Å². The largest absolute Gasteiger partial charge is 0.396 e. The van der Waals surface area contributed by atoms with E-state index in [0.717, 1.165) is 5.56 Å². The summed E-state index contributed by atoms with van der Waals surface area (Å²) in [5, 5.41) is 2.66. The molecule has 5 heteroatoms. The number of nitrogens with one attached hydrogen (secondary N) is 1. The second kappa shape index (κ2) is 5.27. The Labute approximate surface area is 104 Å². The fourth-order valence-electron chi connectivity index (χ4n) is 1.52. The molecule has 0 radical (unpaired) electrons. The number of pyridine rings is 1. The van der Waals surface area contributed by atoms with E-state index >= 15 is 0 Å². The van der Waals surface area contributed by atoms with Gasteiger partial charge in [0.25, 0.3) is 5.91 Å². The number of rotatable bonds is 3. The van der Waals surface area contributed by atoms with Crippen LogP contribution in [0, 0.1) is 5.82 Å². The minimum Gasteiger partial charge on any atom is -0.396 e. The summed E-state index contributed by atoms with van der Waals surface area (Å²) in [5.74, 6) is -1.00. The molecule has 1 amide bonds. The van der Waals surface area contributed by atoms with Crippen molar-refractivity contribution in [2.24, 2.45) is 0 Å². The standard InChI is InChI=1S/C13H12FN3O/c14-11-5-1-4-10(12(11)15)13(18)17-8-9-3-2-6-16-7-9/h1-7H,8,15H2,(H,17,18). The SMILES string of the molecule is Nc1c(F)cccc1C(=O)NCc1cccnc1. The molecule has 2 aromatic rings. The summed E-state index contributed by atoms with van der Waals surface area (Å²) in [6.07, 6.45) is 3.30. The van der Waals surface area contributed by atoms with Crippen molar-refractivity contribution in [1.82, 2.24) is 10.3 Å². The van der Waals surface area contributed by atoms with Crippen LogP contribution in [0.3, 0.4) is 0 Å². The molecule has 0 saturated carbocycles. The van der Waals surface area contributed by atoms with E-state index in [-0.39, 0.29) is 11.3 Å². The Kier molecular flexibility index (Phi) is 3.52. The van der Waals surface area contributed by atoms with Gasteiger partial charge in [0.05, 0.1) is 11.3 Å². The average Bonchev–Trinajstić information content (AvgIpc) is 2.40. The summed E-state index contributed by atoms with van der Waals surface area (Å²) in [6.45, 7) is 0.322. The fourth-order valence-corrected chi connectivity index (χ4v) is 1.52. The highest BCUT2D eigenvalue weighted by atomic mass is 19.1. The Hall–Kier alpha value is -2.43. The highest BCUT2D eigenvalue weighted by Crippen LogP contribution is 2.15. The van der Waals surface area contributed by atoms with Crippen molar-refractivity contribution in [2.75, 3.05) is 5.73 Å². The number of amides is 1. The first kappa shape index (κ1) is 12.0.